The van der Waals surface area contributed by atoms with Crippen molar-refractivity contribution in [2.24, 2.45) is 11.5 Å². The number of rotatable bonds is 12. The Morgan fingerprint density at radius 1 is 1.00 bits per heavy atom. The molecule has 0 spiro atoms. The number of primary amides is 1. The Labute approximate surface area is 160 Å². The normalized spacial score (nSPS) is 15.0. The first-order chi connectivity index (χ1) is 12.5. The lowest BCUT2D eigenvalue weighted by Crippen LogP contribution is -2.57. The van der Waals surface area contributed by atoms with E-state index in [4.69, 9.17) is 21.7 Å². The number of carbonyl (C=O) groups excluding carboxylic acids is 4. The summed E-state index contributed by atoms with van der Waals surface area (Å²) in [5.41, 5.74) is 10.4. The van der Waals surface area contributed by atoms with E-state index in [1.165, 1.54) is 6.92 Å². The molecule has 0 radical (unpaired) electrons. The van der Waals surface area contributed by atoms with E-state index in [9.17, 15) is 24.0 Å². The highest BCUT2D eigenvalue weighted by Crippen LogP contribution is 2.00. The van der Waals surface area contributed by atoms with Crippen molar-refractivity contribution >= 4 is 42.2 Å². The van der Waals surface area contributed by atoms with E-state index in [-0.39, 0.29) is 18.6 Å². The molecule has 0 aliphatic carbocycles. The summed E-state index contributed by atoms with van der Waals surface area (Å²) in [6, 6.07) is -4.90. The lowest BCUT2D eigenvalue weighted by Gasteiger charge is -2.22. The van der Waals surface area contributed by atoms with Crippen molar-refractivity contribution in [1.29, 1.82) is 0 Å². The van der Waals surface area contributed by atoms with Crippen LogP contribution in [0, 0.1) is 0 Å². The zero-order chi connectivity index (χ0) is 21.1. The second-order valence-corrected chi connectivity index (χ2v) is 6.03. The summed E-state index contributed by atoms with van der Waals surface area (Å²) in [7, 11) is 0. The average molecular weight is 407 g/mol. The number of carboxylic acids is 1. The van der Waals surface area contributed by atoms with E-state index >= 15 is 0 Å². The molecule has 0 fully saturated rings. The third-order valence-electron chi connectivity index (χ3n) is 3.40. The number of hydrogen-bond acceptors (Lipinski definition) is 8. The van der Waals surface area contributed by atoms with Crippen LogP contribution in [-0.4, -0.2) is 76.3 Å². The second-order valence-electron chi connectivity index (χ2n) is 5.67. The van der Waals surface area contributed by atoms with Gasteiger partial charge in [0.1, 0.15) is 24.2 Å². The number of nitrogens with two attached hydrogens (primary N) is 2. The van der Waals surface area contributed by atoms with Gasteiger partial charge >= 0.3 is 5.97 Å². The maximum absolute atomic E-state index is 12.3. The van der Waals surface area contributed by atoms with Crippen LogP contribution < -0.4 is 27.4 Å². The fourth-order valence-electron chi connectivity index (χ4n) is 1.78. The SMILES string of the molecule is CC(NC(=O)C(CCC(N)=O)NC(=O)C(N)CO)C(=O)NC(CS)C(=O)O. The number of aliphatic hydroxyl groups excluding tert-OH is 1. The molecule has 4 amide bonds. The first-order valence-corrected chi connectivity index (χ1v) is 8.56. The van der Waals surface area contributed by atoms with Gasteiger partial charge in [-0.2, -0.15) is 12.6 Å². The predicted octanol–water partition coefficient (Wildman–Crippen LogP) is -3.94. The first kappa shape index (κ1) is 24.6. The van der Waals surface area contributed by atoms with Crippen molar-refractivity contribution in [3.8, 4) is 0 Å². The highest BCUT2D eigenvalue weighted by molar-refractivity contribution is 7.80. The highest BCUT2D eigenvalue weighted by Gasteiger charge is 2.28. The molecular formula is C14H25N5O7S. The van der Waals surface area contributed by atoms with Gasteiger partial charge in [-0.05, 0) is 13.3 Å². The van der Waals surface area contributed by atoms with Gasteiger partial charge in [0, 0.05) is 12.2 Å². The minimum absolute atomic E-state index is 0.155. The number of nitrogens with one attached hydrogen (secondary N) is 3. The van der Waals surface area contributed by atoms with Crippen LogP contribution in [0.1, 0.15) is 19.8 Å². The zero-order valence-corrected chi connectivity index (χ0v) is 15.6. The third kappa shape index (κ3) is 9.21. The number of amides is 4. The molecule has 0 saturated heterocycles. The van der Waals surface area contributed by atoms with Gasteiger partial charge in [-0.1, -0.05) is 0 Å². The van der Waals surface area contributed by atoms with E-state index in [0.717, 1.165) is 0 Å². The largest absolute Gasteiger partial charge is 0.480 e. The van der Waals surface area contributed by atoms with Crippen molar-refractivity contribution in [3.63, 3.8) is 0 Å². The zero-order valence-electron chi connectivity index (χ0n) is 14.7. The maximum atomic E-state index is 12.3. The number of thiol groups is 1. The molecule has 0 saturated carbocycles. The van der Waals surface area contributed by atoms with E-state index in [2.05, 4.69) is 28.6 Å². The summed E-state index contributed by atoms with van der Waals surface area (Å²) in [6.07, 6.45) is -0.387. The number of hydrogen-bond donors (Lipinski definition) is 8. The van der Waals surface area contributed by atoms with Crippen LogP contribution in [0.15, 0.2) is 0 Å². The maximum Gasteiger partial charge on any atom is 0.327 e. The van der Waals surface area contributed by atoms with Crippen LogP contribution in [0.5, 0.6) is 0 Å². The quantitative estimate of drug-likeness (QED) is 0.149. The van der Waals surface area contributed by atoms with Gasteiger partial charge in [-0.3, -0.25) is 19.2 Å². The monoisotopic (exact) mass is 407 g/mol. The van der Waals surface area contributed by atoms with Gasteiger partial charge in [-0.25, -0.2) is 4.79 Å². The second kappa shape index (κ2) is 12.1. The molecule has 0 aromatic heterocycles. The highest BCUT2D eigenvalue weighted by atomic mass is 32.1. The molecule has 0 heterocycles. The minimum Gasteiger partial charge on any atom is -0.480 e. The summed E-state index contributed by atoms with van der Waals surface area (Å²) in [4.78, 5) is 57.9. The molecule has 4 atom stereocenters. The van der Waals surface area contributed by atoms with Crippen LogP contribution in [-0.2, 0) is 24.0 Å². The van der Waals surface area contributed by atoms with Crippen molar-refractivity contribution in [2.45, 2.75) is 43.9 Å². The summed E-state index contributed by atoms with van der Waals surface area (Å²) in [6.45, 7) is 0.645. The smallest absolute Gasteiger partial charge is 0.327 e. The average Bonchev–Trinajstić information content (AvgIpc) is 2.60. The van der Waals surface area contributed by atoms with Crippen molar-refractivity contribution in [1.82, 2.24) is 16.0 Å². The van der Waals surface area contributed by atoms with Gasteiger partial charge in [0.25, 0.3) is 0 Å². The summed E-state index contributed by atoms with van der Waals surface area (Å²) < 4.78 is 0. The number of aliphatic hydroxyl groups is 1. The number of carbonyl (C=O) groups is 5. The Morgan fingerprint density at radius 3 is 2.00 bits per heavy atom. The molecule has 27 heavy (non-hydrogen) atoms. The van der Waals surface area contributed by atoms with Gasteiger partial charge in [0.2, 0.25) is 23.6 Å². The molecule has 4 unspecified atom stereocenters. The standard InChI is InChI=1S/C14H25N5O7S/c1-6(11(22)19-9(5-27)14(25)26)17-13(24)8(2-3-10(16)21)18-12(23)7(15)4-20/h6-9,20,27H,2-5,15H2,1H3,(H2,16,21)(H,17,24)(H,18,23)(H,19,22)(H,25,26). The lowest BCUT2D eigenvalue weighted by atomic mass is 10.1. The van der Waals surface area contributed by atoms with Crippen molar-refractivity contribution < 1.29 is 34.2 Å². The molecule has 0 bridgehead atoms. The molecule has 0 rings (SSSR count). The molecule has 12 nitrogen and oxygen atoms in total. The fourth-order valence-corrected chi connectivity index (χ4v) is 2.03. The molecular weight excluding hydrogens is 382 g/mol. The molecule has 13 heteroatoms. The Kier molecular flexibility index (Phi) is 11.0. The van der Waals surface area contributed by atoms with E-state index in [1.54, 1.807) is 0 Å². The van der Waals surface area contributed by atoms with Crippen molar-refractivity contribution in [2.75, 3.05) is 12.4 Å². The Hall–Kier alpha value is -2.38. The number of carboxylic acid groups (broad SMARTS) is 1. The fraction of sp³-hybridized carbons (Fsp3) is 0.643. The summed E-state index contributed by atoms with van der Waals surface area (Å²) >= 11 is 3.81. The molecule has 0 aliphatic heterocycles. The molecule has 0 aliphatic rings. The van der Waals surface area contributed by atoms with E-state index < -0.39 is 60.4 Å². The van der Waals surface area contributed by atoms with E-state index in [1.807, 2.05) is 0 Å². The first-order valence-electron chi connectivity index (χ1n) is 7.93. The molecule has 9 N–H and O–H groups in total. The summed E-state index contributed by atoms with van der Waals surface area (Å²) in [5.74, 6) is -4.58. The van der Waals surface area contributed by atoms with Crippen LogP contribution in [0.25, 0.3) is 0 Å². The Balaban J connectivity index is 4.98. The number of aliphatic carboxylic acids is 1. The van der Waals surface area contributed by atoms with Crippen LogP contribution >= 0.6 is 12.6 Å². The lowest BCUT2D eigenvalue weighted by molar-refractivity contribution is -0.141. The van der Waals surface area contributed by atoms with Gasteiger partial charge < -0.3 is 37.6 Å². The topological polar surface area (TPSA) is 214 Å². The molecule has 0 aromatic carbocycles. The van der Waals surface area contributed by atoms with Crippen LogP contribution in [0.3, 0.4) is 0 Å². The van der Waals surface area contributed by atoms with Gasteiger partial charge in [-0.15, -0.1) is 0 Å². The van der Waals surface area contributed by atoms with E-state index in [0.29, 0.717) is 0 Å². The Morgan fingerprint density at radius 2 is 1.56 bits per heavy atom. The minimum atomic E-state index is -1.29. The Bertz CT molecular complexity index is 574. The third-order valence-corrected chi connectivity index (χ3v) is 3.76. The van der Waals surface area contributed by atoms with Gasteiger partial charge in [0.15, 0.2) is 0 Å². The van der Waals surface area contributed by atoms with Crippen LogP contribution in [0.2, 0.25) is 0 Å². The predicted molar refractivity (Wildman–Crippen MR) is 96.4 cm³/mol. The van der Waals surface area contributed by atoms with Crippen molar-refractivity contribution in [3.05, 3.63) is 0 Å². The van der Waals surface area contributed by atoms with Gasteiger partial charge in [0.05, 0.1) is 6.61 Å². The van der Waals surface area contributed by atoms with Crippen LogP contribution in [0.4, 0.5) is 0 Å². The summed E-state index contributed by atoms with van der Waals surface area (Å²) in [5, 5.41) is 24.5. The molecule has 154 valence electrons. The molecule has 0 aromatic rings.